The number of benzene rings is 1. The number of amides is 1. The normalized spacial score (nSPS) is 11.6. The minimum atomic E-state index is -0.995. The molecule has 6 nitrogen and oxygen atoms in total. The predicted molar refractivity (Wildman–Crippen MR) is 101 cm³/mol. The van der Waals surface area contributed by atoms with Gasteiger partial charge >= 0.3 is 5.97 Å². The molecule has 2 aromatic rings. The molecule has 0 aliphatic heterocycles. The van der Waals surface area contributed by atoms with Gasteiger partial charge in [-0.05, 0) is 30.2 Å². The van der Waals surface area contributed by atoms with Gasteiger partial charge in [-0.25, -0.2) is 4.79 Å². The summed E-state index contributed by atoms with van der Waals surface area (Å²) in [6.45, 7) is 2.58. The van der Waals surface area contributed by atoms with E-state index in [4.69, 9.17) is 0 Å². The number of unbranched alkanes of at least 4 members (excludes halogenated alkanes) is 1. The molecule has 0 radical (unpaired) electrons. The summed E-state index contributed by atoms with van der Waals surface area (Å²) in [7, 11) is 0. The van der Waals surface area contributed by atoms with Crippen LogP contribution in [0.15, 0.2) is 54.9 Å². The molecule has 26 heavy (non-hydrogen) atoms. The number of carboxylic acid groups (broad SMARTS) is 1. The smallest absolute Gasteiger partial charge is 0.326 e. The van der Waals surface area contributed by atoms with E-state index in [1.807, 2.05) is 54.3 Å². The molecule has 0 unspecified atom stereocenters. The van der Waals surface area contributed by atoms with Crippen molar-refractivity contribution in [3.63, 3.8) is 0 Å². The van der Waals surface area contributed by atoms with Gasteiger partial charge < -0.3 is 15.3 Å². The molecule has 1 aromatic carbocycles. The summed E-state index contributed by atoms with van der Waals surface area (Å²) in [5, 5.41) is 11.9. The zero-order valence-corrected chi connectivity index (χ0v) is 15.0. The number of anilines is 1. The Balaban J connectivity index is 2.08. The molecule has 6 heteroatoms. The Morgan fingerprint density at radius 3 is 2.58 bits per heavy atom. The van der Waals surface area contributed by atoms with E-state index in [9.17, 15) is 14.7 Å². The summed E-state index contributed by atoms with van der Waals surface area (Å²) in [5.41, 5.74) is 1.87. The summed E-state index contributed by atoms with van der Waals surface area (Å²) in [6.07, 6.45) is 5.54. The number of carbonyl (C=O) groups is 2. The highest BCUT2D eigenvalue weighted by Gasteiger charge is 2.21. The monoisotopic (exact) mass is 355 g/mol. The maximum absolute atomic E-state index is 12.5. The van der Waals surface area contributed by atoms with Crippen molar-refractivity contribution in [3.8, 4) is 0 Å². The minimum absolute atomic E-state index is 0.0782. The summed E-state index contributed by atoms with van der Waals surface area (Å²) in [5.74, 6) is -1.30. The molecule has 0 bridgehead atoms. The number of nitrogens with zero attached hydrogens (tertiary/aromatic N) is 2. The van der Waals surface area contributed by atoms with Gasteiger partial charge in [-0.15, -0.1) is 0 Å². The van der Waals surface area contributed by atoms with Gasteiger partial charge in [-0.1, -0.05) is 44.0 Å². The van der Waals surface area contributed by atoms with Crippen molar-refractivity contribution in [2.24, 2.45) is 0 Å². The molecule has 0 aliphatic carbocycles. The fraction of sp³-hybridized carbons (Fsp3) is 0.350. The number of nitrogens with one attached hydrogen (secondary N) is 1. The van der Waals surface area contributed by atoms with Crippen molar-refractivity contribution in [3.05, 3.63) is 60.4 Å². The first-order valence-corrected chi connectivity index (χ1v) is 8.81. The van der Waals surface area contributed by atoms with Crippen LogP contribution in [0, 0.1) is 0 Å². The molecule has 0 spiro atoms. The standard InChI is InChI=1S/C20H25N3O3/c1-2-3-11-18(20(25)26)22-19(24)15-23(17-9-5-4-6-10-17)14-16-8-7-12-21-13-16/h4-10,12-13,18H,2-3,11,14-15H2,1H3,(H,22,24)(H,25,26)/t18-/m0/s1. The van der Waals surface area contributed by atoms with Crippen molar-refractivity contribution in [2.75, 3.05) is 11.4 Å². The highest BCUT2D eigenvalue weighted by atomic mass is 16.4. The quantitative estimate of drug-likeness (QED) is 0.685. The molecular weight excluding hydrogens is 330 g/mol. The predicted octanol–water partition coefficient (Wildman–Crippen LogP) is 2.85. The molecule has 2 rings (SSSR count). The maximum Gasteiger partial charge on any atom is 0.326 e. The van der Waals surface area contributed by atoms with Crippen LogP contribution < -0.4 is 10.2 Å². The number of aliphatic carboxylic acids is 1. The fourth-order valence-electron chi connectivity index (χ4n) is 2.67. The van der Waals surface area contributed by atoms with Gasteiger partial charge in [0.15, 0.2) is 0 Å². The Hall–Kier alpha value is -2.89. The maximum atomic E-state index is 12.5. The molecule has 0 saturated carbocycles. The molecular formula is C20H25N3O3. The van der Waals surface area contributed by atoms with Gasteiger partial charge in [0, 0.05) is 24.6 Å². The first-order chi connectivity index (χ1) is 12.6. The third kappa shape index (κ3) is 6.20. The number of carbonyl (C=O) groups excluding carboxylic acids is 1. The molecule has 1 aromatic heterocycles. The van der Waals surface area contributed by atoms with Gasteiger partial charge in [-0.2, -0.15) is 0 Å². The number of para-hydroxylation sites is 1. The van der Waals surface area contributed by atoms with Crippen LogP contribution >= 0.6 is 0 Å². The summed E-state index contributed by atoms with van der Waals surface area (Å²) in [6, 6.07) is 12.5. The Morgan fingerprint density at radius 1 is 1.19 bits per heavy atom. The van der Waals surface area contributed by atoms with Gasteiger partial charge in [0.05, 0.1) is 6.54 Å². The van der Waals surface area contributed by atoms with E-state index in [2.05, 4.69) is 10.3 Å². The fourth-order valence-corrected chi connectivity index (χ4v) is 2.67. The molecule has 0 saturated heterocycles. The molecule has 1 atom stereocenters. The van der Waals surface area contributed by atoms with Crippen LogP contribution in [-0.4, -0.2) is 34.6 Å². The van der Waals surface area contributed by atoms with Crippen molar-refractivity contribution in [1.82, 2.24) is 10.3 Å². The largest absolute Gasteiger partial charge is 0.480 e. The number of rotatable bonds is 10. The van der Waals surface area contributed by atoms with Crippen molar-refractivity contribution < 1.29 is 14.7 Å². The molecule has 1 heterocycles. The number of hydrogen-bond acceptors (Lipinski definition) is 4. The van der Waals surface area contributed by atoms with Crippen molar-refractivity contribution in [2.45, 2.75) is 38.8 Å². The molecule has 0 fully saturated rings. The topological polar surface area (TPSA) is 82.5 Å². The lowest BCUT2D eigenvalue weighted by atomic mass is 10.1. The van der Waals surface area contributed by atoms with Crippen LogP contribution in [0.4, 0.5) is 5.69 Å². The van der Waals surface area contributed by atoms with Crippen LogP contribution in [-0.2, 0) is 16.1 Å². The Bertz CT molecular complexity index is 692. The van der Waals surface area contributed by atoms with E-state index in [1.54, 1.807) is 12.4 Å². The average Bonchev–Trinajstić information content (AvgIpc) is 2.66. The van der Waals surface area contributed by atoms with E-state index in [-0.39, 0.29) is 12.5 Å². The Labute approximate surface area is 153 Å². The lowest BCUT2D eigenvalue weighted by molar-refractivity contribution is -0.141. The molecule has 2 N–H and O–H groups in total. The van der Waals surface area contributed by atoms with E-state index >= 15 is 0 Å². The summed E-state index contributed by atoms with van der Waals surface area (Å²) in [4.78, 5) is 29.8. The third-order valence-electron chi connectivity index (χ3n) is 4.03. The number of aromatic nitrogens is 1. The lowest BCUT2D eigenvalue weighted by Gasteiger charge is -2.25. The summed E-state index contributed by atoms with van der Waals surface area (Å²) >= 11 is 0. The second-order valence-electron chi connectivity index (χ2n) is 6.15. The van der Waals surface area contributed by atoms with Gasteiger partial charge in [-0.3, -0.25) is 9.78 Å². The second-order valence-corrected chi connectivity index (χ2v) is 6.15. The highest BCUT2D eigenvalue weighted by molar-refractivity contribution is 5.86. The van der Waals surface area contributed by atoms with Crippen LogP contribution in [0.2, 0.25) is 0 Å². The second kappa shape index (κ2) is 10.2. The first kappa shape index (κ1) is 19.4. The minimum Gasteiger partial charge on any atom is -0.480 e. The van der Waals surface area contributed by atoms with Crippen molar-refractivity contribution in [1.29, 1.82) is 0 Å². The molecule has 138 valence electrons. The van der Waals surface area contributed by atoms with Crippen LogP contribution in [0.25, 0.3) is 0 Å². The van der Waals surface area contributed by atoms with E-state index < -0.39 is 12.0 Å². The number of hydrogen-bond donors (Lipinski definition) is 2. The first-order valence-electron chi connectivity index (χ1n) is 8.81. The average molecular weight is 355 g/mol. The van der Waals surface area contributed by atoms with Crippen molar-refractivity contribution >= 4 is 17.6 Å². The van der Waals surface area contributed by atoms with Crippen LogP contribution in [0.3, 0.4) is 0 Å². The number of carboxylic acids is 1. The Kier molecular flexibility index (Phi) is 7.61. The molecule has 1 amide bonds. The van der Waals surface area contributed by atoms with E-state index in [0.29, 0.717) is 13.0 Å². The van der Waals surface area contributed by atoms with Crippen LogP contribution in [0.5, 0.6) is 0 Å². The number of pyridine rings is 1. The van der Waals surface area contributed by atoms with E-state index in [0.717, 1.165) is 24.1 Å². The molecule has 0 aliphatic rings. The lowest BCUT2D eigenvalue weighted by Crippen LogP contribution is -2.45. The van der Waals surface area contributed by atoms with Gasteiger partial charge in [0.1, 0.15) is 6.04 Å². The van der Waals surface area contributed by atoms with Crippen LogP contribution in [0.1, 0.15) is 31.7 Å². The highest BCUT2D eigenvalue weighted by Crippen LogP contribution is 2.16. The van der Waals surface area contributed by atoms with Gasteiger partial charge in [0.25, 0.3) is 0 Å². The zero-order chi connectivity index (χ0) is 18.8. The zero-order valence-electron chi connectivity index (χ0n) is 15.0. The third-order valence-corrected chi connectivity index (χ3v) is 4.03. The SMILES string of the molecule is CCCC[C@H](NC(=O)CN(Cc1cccnc1)c1ccccc1)C(=O)O. The van der Waals surface area contributed by atoms with Gasteiger partial charge in [0.2, 0.25) is 5.91 Å². The summed E-state index contributed by atoms with van der Waals surface area (Å²) < 4.78 is 0. The Morgan fingerprint density at radius 2 is 1.96 bits per heavy atom. The van der Waals surface area contributed by atoms with E-state index in [1.165, 1.54) is 0 Å².